The minimum absolute atomic E-state index is 0.0475. The molecule has 0 spiro atoms. The molecule has 0 heterocycles. The van der Waals surface area contributed by atoms with Crippen molar-refractivity contribution in [3.05, 3.63) is 72.9 Å². The summed E-state index contributed by atoms with van der Waals surface area (Å²) in [5, 5.41) is 23.8. The van der Waals surface area contributed by atoms with Crippen LogP contribution in [0.3, 0.4) is 0 Å². The third kappa shape index (κ3) is 45.9. The number of aliphatic hydroxyl groups is 2. The van der Waals surface area contributed by atoms with Crippen LogP contribution in [-0.2, 0) is 14.3 Å². The molecule has 64 heavy (non-hydrogen) atoms. The van der Waals surface area contributed by atoms with Gasteiger partial charge in [-0.3, -0.25) is 9.59 Å². The molecule has 6 nitrogen and oxygen atoms in total. The predicted molar refractivity (Wildman–Crippen MR) is 278 cm³/mol. The van der Waals surface area contributed by atoms with Crippen molar-refractivity contribution in [1.29, 1.82) is 0 Å². The van der Waals surface area contributed by atoms with Gasteiger partial charge in [0.2, 0.25) is 5.91 Å². The molecular weight excluding hydrogens is 791 g/mol. The van der Waals surface area contributed by atoms with Crippen molar-refractivity contribution in [3.63, 3.8) is 0 Å². The highest BCUT2D eigenvalue weighted by molar-refractivity contribution is 5.77. The van der Waals surface area contributed by atoms with Crippen LogP contribution in [0.15, 0.2) is 72.9 Å². The van der Waals surface area contributed by atoms with E-state index in [1.54, 1.807) is 0 Å². The average Bonchev–Trinajstić information content (AvgIpc) is 3.29. The van der Waals surface area contributed by atoms with Gasteiger partial charge in [0.05, 0.1) is 25.2 Å². The molecule has 1 amide bonds. The van der Waals surface area contributed by atoms with Crippen LogP contribution in [0.2, 0.25) is 0 Å². The van der Waals surface area contributed by atoms with Crippen LogP contribution in [0.25, 0.3) is 0 Å². The van der Waals surface area contributed by atoms with Gasteiger partial charge in [0.15, 0.2) is 0 Å². The minimum atomic E-state index is -0.802. The van der Waals surface area contributed by atoms with Gasteiger partial charge in [0, 0.05) is 6.42 Å². The molecule has 0 rings (SSSR count). The van der Waals surface area contributed by atoms with E-state index in [0.29, 0.717) is 25.7 Å². The highest BCUT2D eigenvalue weighted by atomic mass is 16.5. The smallest absolute Gasteiger partial charge is 0.306 e. The van der Waals surface area contributed by atoms with E-state index in [9.17, 15) is 19.8 Å². The SMILES string of the molecule is CC/C=C\C/C=C\C/C=C\C/C=C\C/C=C\CCCC(=O)OC(CCCCCCC/C=C/CCCCCCCC)CC(=O)NC(CO)C(O)CCCCCCCCCCCCCCC. The lowest BCUT2D eigenvalue weighted by molar-refractivity contribution is -0.151. The zero-order valence-electron chi connectivity index (χ0n) is 42.1. The van der Waals surface area contributed by atoms with E-state index in [-0.39, 0.29) is 24.9 Å². The quantitative estimate of drug-likeness (QED) is 0.0321. The molecule has 0 aromatic carbocycles. The monoisotopic (exact) mass is 894 g/mol. The Morgan fingerprint density at radius 2 is 0.844 bits per heavy atom. The number of carbonyl (C=O) groups excluding carboxylic acids is 2. The molecular formula is C58H103NO5. The minimum Gasteiger partial charge on any atom is -0.462 e. The summed E-state index contributed by atoms with van der Waals surface area (Å²) in [4.78, 5) is 26.2. The van der Waals surface area contributed by atoms with Crippen LogP contribution in [0.4, 0.5) is 0 Å². The molecule has 0 bridgehead atoms. The standard InChI is InChI=1S/C58H103NO5/c1-4-7-10-13-16-19-22-25-27-28-30-33-36-39-42-45-48-51-58(63)64-54(49-46-43-40-37-34-32-29-26-23-20-17-14-11-8-5-2)52-57(62)59-55(53-60)56(61)50-47-44-41-38-35-31-24-21-18-15-12-9-6-3/h7,10,16,19,25-27,29-30,33,39,42,54-56,60-61H,4-6,8-9,11-15,17-18,20-24,28,31-32,34-38,40-41,43-53H2,1-3H3,(H,59,62)/b10-7-,19-16-,27-25-,29-26+,33-30-,42-39-. The van der Waals surface area contributed by atoms with Crippen molar-refractivity contribution >= 4 is 11.9 Å². The third-order valence-electron chi connectivity index (χ3n) is 12.0. The second-order valence-corrected chi connectivity index (χ2v) is 18.2. The fraction of sp³-hybridized carbons (Fsp3) is 0.759. The first kappa shape index (κ1) is 61.3. The maximum atomic E-state index is 13.2. The van der Waals surface area contributed by atoms with Crippen molar-refractivity contribution in [2.45, 2.75) is 277 Å². The lowest BCUT2D eigenvalue weighted by Gasteiger charge is -2.24. The van der Waals surface area contributed by atoms with Crippen LogP contribution >= 0.6 is 0 Å². The van der Waals surface area contributed by atoms with Crippen molar-refractivity contribution in [1.82, 2.24) is 5.32 Å². The van der Waals surface area contributed by atoms with Crippen molar-refractivity contribution in [2.75, 3.05) is 6.61 Å². The Hall–Kier alpha value is -2.70. The second-order valence-electron chi connectivity index (χ2n) is 18.2. The number of aliphatic hydroxyl groups excluding tert-OH is 2. The molecule has 0 saturated carbocycles. The Labute approximate surface area is 396 Å². The summed E-state index contributed by atoms with van der Waals surface area (Å²) in [5.74, 6) is -0.549. The van der Waals surface area contributed by atoms with Crippen LogP contribution in [-0.4, -0.2) is 46.9 Å². The number of unbranched alkanes of at least 4 members (excludes halogenated alkanes) is 24. The third-order valence-corrected chi connectivity index (χ3v) is 12.0. The zero-order valence-corrected chi connectivity index (χ0v) is 42.1. The van der Waals surface area contributed by atoms with Gasteiger partial charge in [-0.15, -0.1) is 0 Å². The summed E-state index contributed by atoms with van der Waals surface area (Å²) >= 11 is 0. The number of carbonyl (C=O) groups is 2. The van der Waals surface area contributed by atoms with E-state index in [2.05, 4.69) is 99.0 Å². The lowest BCUT2D eigenvalue weighted by Crippen LogP contribution is -2.46. The van der Waals surface area contributed by atoms with Crippen LogP contribution in [0, 0.1) is 0 Å². The van der Waals surface area contributed by atoms with Crippen molar-refractivity contribution in [3.8, 4) is 0 Å². The largest absolute Gasteiger partial charge is 0.462 e. The topological polar surface area (TPSA) is 95.9 Å². The molecule has 3 atom stereocenters. The lowest BCUT2D eigenvalue weighted by atomic mass is 10.0. The predicted octanol–water partition coefficient (Wildman–Crippen LogP) is 16.6. The van der Waals surface area contributed by atoms with Crippen molar-refractivity contribution < 1.29 is 24.5 Å². The summed E-state index contributed by atoms with van der Waals surface area (Å²) < 4.78 is 5.92. The first-order valence-electron chi connectivity index (χ1n) is 27.2. The van der Waals surface area contributed by atoms with Gasteiger partial charge in [-0.05, 0) is 89.9 Å². The molecule has 0 aliphatic carbocycles. The Bertz CT molecular complexity index is 1190. The van der Waals surface area contributed by atoms with E-state index >= 15 is 0 Å². The Kier molecular flexibility index (Phi) is 49.1. The van der Waals surface area contributed by atoms with Gasteiger partial charge in [-0.25, -0.2) is 0 Å². The number of esters is 1. The summed E-state index contributed by atoms with van der Waals surface area (Å²) in [6.07, 6.45) is 65.3. The first-order chi connectivity index (χ1) is 31.5. The molecule has 3 unspecified atom stereocenters. The van der Waals surface area contributed by atoms with Gasteiger partial charge < -0.3 is 20.3 Å². The molecule has 6 heteroatoms. The Morgan fingerprint density at radius 3 is 1.30 bits per heavy atom. The summed E-state index contributed by atoms with van der Waals surface area (Å²) in [6.45, 7) is 6.36. The number of ether oxygens (including phenoxy) is 1. The molecule has 0 aromatic rings. The molecule has 0 aromatic heterocycles. The zero-order chi connectivity index (χ0) is 46.7. The number of hydrogen-bond donors (Lipinski definition) is 3. The molecule has 3 N–H and O–H groups in total. The molecule has 0 aliphatic rings. The molecule has 0 saturated heterocycles. The number of allylic oxidation sites excluding steroid dienone is 12. The second kappa shape index (κ2) is 51.3. The Balaban J connectivity index is 4.69. The van der Waals surface area contributed by atoms with Gasteiger partial charge in [-0.1, -0.05) is 229 Å². The maximum absolute atomic E-state index is 13.2. The molecule has 370 valence electrons. The van der Waals surface area contributed by atoms with E-state index in [0.717, 1.165) is 83.5 Å². The highest BCUT2D eigenvalue weighted by Gasteiger charge is 2.24. The number of nitrogens with one attached hydrogen (secondary N) is 1. The van der Waals surface area contributed by atoms with Crippen molar-refractivity contribution in [2.24, 2.45) is 0 Å². The fourth-order valence-electron chi connectivity index (χ4n) is 7.93. The molecule has 0 fully saturated rings. The highest BCUT2D eigenvalue weighted by Crippen LogP contribution is 2.17. The Morgan fingerprint density at radius 1 is 0.469 bits per heavy atom. The summed E-state index contributed by atoms with van der Waals surface area (Å²) in [5.41, 5.74) is 0. The summed E-state index contributed by atoms with van der Waals surface area (Å²) in [6, 6.07) is -0.718. The van der Waals surface area contributed by atoms with E-state index < -0.39 is 18.2 Å². The van der Waals surface area contributed by atoms with Crippen LogP contribution in [0.1, 0.15) is 258 Å². The molecule has 0 aliphatic heterocycles. The van der Waals surface area contributed by atoms with Gasteiger partial charge in [0.25, 0.3) is 0 Å². The van der Waals surface area contributed by atoms with E-state index in [1.165, 1.54) is 122 Å². The normalized spacial score (nSPS) is 13.8. The van der Waals surface area contributed by atoms with E-state index in [4.69, 9.17) is 4.74 Å². The van der Waals surface area contributed by atoms with Crippen LogP contribution < -0.4 is 5.32 Å². The molecule has 0 radical (unpaired) electrons. The van der Waals surface area contributed by atoms with Gasteiger partial charge in [0.1, 0.15) is 6.10 Å². The number of rotatable bonds is 48. The summed E-state index contributed by atoms with van der Waals surface area (Å²) in [7, 11) is 0. The fourth-order valence-corrected chi connectivity index (χ4v) is 7.93. The average molecular weight is 894 g/mol. The first-order valence-corrected chi connectivity index (χ1v) is 27.2. The van der Waals surface area contributed by atoms with Crippen LogP contribution in [0.5, 0.6) is 0 Å². The van der Waals surface area contributed by atoms with E-state index in [1.807, 2.05) is 0 Å². The number of amides is 1. The maximum Gasteiger partial charge on any atom is 0.306 e. The number of hydrogen-bond acceptors (Lipinski definition) is 5. The van der Waals surface area contributed by atoms with Gasteiger partial charge in [-0.2, -0.15) is 0 Å². The van der Waals surface area contributed by atoms with Gasteiger partial charge >= 0.3 is 5.97 Å².